The highest BCUT2D eigenvalue weighted by molar-refractivity contribution is 5.55. The molecule has 0 aliphatic carbocycles. The van der Waals surface area contributed by atoms with E-state index in [1.165, 1.54) is 0 Å². The predicted molar refractivity (Wildman–Crippen MR) is 63.8 cm³/mol. The third kappa shape index (κ3) is 2.16. The van der Waals surface area contributed by atoms with E-state index in [0.717, 1.165) is 11.4 Å². The Kier molecular flexibility index (Phi) is 2.81. The van der Waals surface area contributed by atoms with Crippen LogP contribution < -0.4 is 5.73 Å². The second-order valence-corrected chi connectivity index (χ2v) is 3.90. The summed E-state index contributed by atoms with van der Waals surface area (Å²) in [6, 6.07) is 9.77. The van der Waals surface area contributed by atoms with E-state index in [1.807, 2.05) is 44.2 Å². The molecular formula is C12H14N4. The van der Waals surface area contributed by atoms with Gasteiger partial charge in [0.05, 0.1) is 0 Å². The Bertz CT molecular complexity index is 480. The molecule has 0 atom stereocenters. The van der Waals surface area contributed by atoms with Crippen LogP contribution in [0.25, 0.3) is 11.4 Å². The molecule has 0 aliphatic heterocycles. The minimum absolute atomic E-state index is 0.243. The standard InChI is InChI=1S/C12H14N4/c1-8(2)10-14-11(16-12(13)15-10)9-6-4-3-5-7-9/h3-8H,1-2H3,(H2,13,14,15,16). The van der Waals surface area contributed by atoms with Crippen molar-refractivity contribution < 1.29 is 0 Å². The quantitative estimate of drug-likeness (QED) is 0.832. The summed E-state index contributed by atoms with van der Waals surface area (Å²) in [4.78, 5) is 12.7. The van der Waals surface area contributed by atoms with Gasteiger partial charge >= 0.3 is 0 Å². The fourth-order valence-corrected chi connectivity index (χ4v) is 1.38. The first-order chi connectivity index (χ1) is 7.66. The number of aromatic nitrogens is 3. The topological polar surface area (TPSA) is 64.7 Å². The summed E-state index contributed by atoms with van der Waals surface area (Å²) in [6.45, 7) is 4.06. The highest BCUT2D eigenvalue weighted by Crippen LogP contribution is 2.17. The zero-order valence-electron chi connectivity index (χ0n) is 9.38. The van der Waals surface area contributed by atoms with Crippen LogP contribution in [0, 0.1) is 0 Å². The fourth-order valence-electron chi connectivity index (χ4n) is 1.38. The Morgan fingerprint density at radius 3 is 2.31 bits per heavy atom. The molecule has 0 aliphatic rings. The molecule has 0 unspecified atom stereocenters. The van der Waals surface area contributed by atoms with Gasteiger partial charge in [-0.2, -0.15) is 9.97 Å². The lowest BCUT2D eigenvalue weighted by Gasteiger charge is -2.06. The lowest BCUT2D eigenvalue weighted by molar-refractivity contribution is 0.767. The Morgan fingerprint density at radius 2 is 1.69 bits per heavy atom. The molecule has 0 amide bonds. The van der Waals surface area contributed by atoms with Gasteiger partial charge in [0.1, 0.15) is 5.82 Å². The Balaban J connectivity index is 2.50. The van der Waals surface area contributed by atoms with Crippen molar-refractivity contribution in [2.75, 3.05) is 5.73 Å². The molecule has 4 heteroatoms. The summed E-state index contributed by atoms with van der Waals surface area (Å²) in [6.07, 6.45) is 0. The highest BCUT2D eigenvalue weighted by atomic mass is 15.1. The van der Waals surface area contributed by atoms with Crippen LogP contribution >= 0.6 is 0 Å². The summed E-state index contributed by atoms with van der Waals surface area (Å²) in [5.74, 6) is 1.88. The Hall–Kier alpha value is -1.97. The van der Waals surface area contributed by atoms with E-state index < -0.39 is 0 Å². The molecule has 2 rings (SSSR count). The van der Waals surface area contributed by atoms with Crippen LogP contribution in [0.15, 0.2) is 30.3 Å². The average molecular weight is 214 g/mol. The first-order valence-electron chi connectivity index (χ1n) is 5.23. The van der Waals surface area contributed by atoms with Crippen LogP contribution in [-0.4, -0.2) is 15.0 Å². The summed E-state index contributed by atoms with van der Waals surface area (Å²) in [5, 5.41) is 0. The van der Waals surface area contributed by atoms with Gasteiger partial charge in [-0.1, -0.05) is 44.2 Å². The van der Waals surface area contributed by atoms with Crippen LogP contribution in [0.2, 0.25) is 0 Å². The van der Waals surface area contributed by atoms with Crippen LogP contribution in [0.1, 0.15) is 25.6 Å². The molecular weight excluding hydrogens is 200 g/mol. The SMILES string of the molecule is CC(C)c1nc(N)nc(-c2ccccc2)n1. The number of nitrogens with two attached hydrogens (primary N) is 1. The molecule has 16 heavy (non-hydrogen) atoms. The molecule has 0 saturated heterocycles. The first kappa shape index (κ1) is 10.5. The number of nitrogens with zero attached hydrogens (tertiary/aromatic N) is 3. The van der Waals surface area contributed by atoms with E-state index in [0.29, 0.717) is 5.82 Å². The molecule has 0 saturated carbocycles. The minimum atomic E-state index is 0.243. The maximum absolute atomic E-state index is 5.67. The molecule has 1 aromatic carbocycles. The van der Waals surface area contributed by atoms with E-state index in [9.17, 15) is 0 Å². The first-order valence-corrected chi connectivity index (χ1v) is 5.23. The number of nitrogen functional groups attached to an aromatic ring is 1. The van der Waals surface area contributed by atoms with E-state index in [4.69, 9.17) is 5.73 Å². The van der Waals surface area contributed by atoms with Crippen molar-refractivity contribution in [3.05, 3.63) is 36.2 Å². The lowest BCUT2D eigenvalue weighted by atomic mass is 10.2. The van der Waals surface area contributed by atoms with Gasteiger partial charge in [-0.05, 0) is 0 Å². The second-order valence-electron chi connectivity index (χ2n) is 3.90. The van der Waals surface area contributed by atoms with Gasteiger partial charge < -0.3 is 5.73 Å². The molecule has 2 N–H and O–H groups in total. The van der Waals surface area contributed by atoms with E-state index in [1.54, 1.807) is 0 Å². The van der Waals surface area contributed by atoms with Crippen molar-refractivity contribution in [3.8, 4) is 11.4 Å². The summed E-state index contributed by atoms with van der Waals surface area (Å²) < 4.78 is 0. The van der Waals surface area contributed by atoms with Gasteiger partial charge in [0.15, 0.2) is 5.82 Å². The van der Waals surface area contributed by atoms with Crippen molar-refractivity contribution in [1.29, 1.82) is 0 Å². The molecule has 1 heterocycles. The third-order valence-electron chi connectivity index (χ3n) is 2.22. The molecule has 82 valence electrons. The van der Waals surface area contributed by atoms with Gasteiger partial charge in [-0.15, -0.1) is 0 Å². The summed E-state index contributed by atoms with van der Waals surface area (Å²) in [7, 11) is 0. The van der Waals surface area contributed by atoms with Crippen molar-refractivity contribution in [2.24, 2.45) is 0 Å². The summed E-state index contributed by atoms with van der Waals surface area (Å²) >= 11 is 0. The summed E-state index contributed by atoms with van der Waals surface area (Å²) in [5.41, 5.74) is 6.63. The maximum atomic E-state index is 5.67. The largest absolute Gasteiger partial charge is 0.368 e. The van der Waals surface area contributed by atoms with Gasteiger partial charge in [0, 0.05) is 11.5 Å². The third-order valence-corrected chi connectivity index (χ3v) is 2.22. The smallest absolute Gasteiger partial charge is 0.223 e. The number of hydrogen-bond donors (Lipinski definition) is 1. The van der Waals surface area contributed by atoms with Crippen LogP contribution in [0.3, 0.4) is 0 Å². The molecule has 1 aromatic heterocycles. The fraction of sp³-hybridized carbons (Fsp3) is 0.250. The normalized spacial score (nSPS) is 10.7. The predicted octanol–water partition coefficient (Wildman–Crippen LogP) is 2.24. The van der Waals surface area contributed by atoms with Crippen molar-refractivity contribution in [3.63, 3.8) is 0 Å². The number of hydrogen-bond acceptors (Lipinski definition) is 4. The zero-order valence-corrected chi connectivity index (χ0v) is 9.38. The molecule has 2 aromatic rings. The molecule has 0 spiro atoms. The number of rotatable bonds is 2. The number of anilines is 1. The van der Waals surface area contributed by atoms with E-state index in [-0.39, 0.29) is 11.9 Å². The average Bonchev–Trinajstić information content (AvgIpc) is 2.29. The van der Waals surface area contributed by atoms with Crippen molar-refractivity contribution >= 4 is 5.95 Å². The minimum Gasteiger partial charge on any atom is -0.368 e. The second kappa shape index (κ2) is 4.26. The monoisotopic (exact) mass is 214 g/mol. The van der Waals surface area contributed by atoms with Crippen molar-refractivity contribution in [2.45, 2.75) is 19.8 Å². The van der Waals surface area contributed by atoms with Crippen LogP contribution in [-0.2, 0) is 0 Å². The molecule has 4 nitrogen and oxygen atoms in total. The van der Waals surface area contributed by atoms with Gasteiger partial charge in [0.25, 0.3) is 0 Å². The van der Waals surface area contributed by atoms with E-state index in [2.05, 4.69) is 15.0 Å². The highest BCUT2D eigenvalue weighted by Gasteiger charge is 2.08. The van der Waals surface area contributed by atoms with E-state index >= 15 is 0 Å². The van der Waals surface area contributed by atoms with Crippen LogP contribution in [0.4, 0.5) is 5.95 Å². The number of benzene rings is 1. The van der Waals surface area contributed by atoms with Gasteiger partial charge in [0.2, 0.25) is 5.95 Å². The van der Waals surface area contributed by atoms with Gasteiger partial charge in [-0.25, -0.2) is 4.98 Å². The molecule has 0 fully saturated rings. The Morgan fingerprint density at radius 1 is 1.00 bits per heavy atom. The maximum Gasteiger partial charge on any atom is 0.223 e. The Labute approximate surface area is 94.6 Å². The molecule has 0 bridgehead atoms. The zero-order chi connectivity index (χ0) is 11.5. The van der Waals surface area contributed by atoms with Crippen LogP contribution in [0.5, 0.6) is 0 Å². The molecule has 0 radical (unpaired) electrons. The lowest BCUT2D eigenvalue weighted by Crippen LogP contribution is -2.06. The van der Waals surface area contributed by atoms with Crippen molar-refractivity contribution in [1.82, 2.24) is 15.0 Å². The van der Waals surface area contributed by atoms with Gasteiger partial charge in [-0.3, -0.25) is 0 Å².